The number of hydrogen-bond acceptors (Lipinski definition) is 0. The smallest absolute Gasteiger partial charge is 0.0619 e. The summed E-state index contributed by atoms with van der Waals surface area (Å²) in [6, 6.07) is 194. The standard InChI is InChI=1S/3C46H29N/c1-2-15-31(16-3-1)44-36-20-8-10-22-38(36)45(39-23-11-9-21-37(39)44)41-29-43-46(35-19-7-6-18-34(35)41)40-24-12-13-25-42(40)47(43)33-27-26-30-14-4-5-17-32(30)28-33;1-2-14-32(15-3-1)44-37-18-8-10-20-39(37)45(40-21-11-9-19-38(40)44)34-24-26-42-41(29-34)46-36-17-7-6-13-31(36)23-27-43(46)47(42)35-25-22-30-12-4-5-16-33(30)28-35;1-2-14-32(15-3-1)44-37-18-8-10-20-39(37)45(40-21-11-9-19-38(40)44)34-24-27-43-42(29-34)41-26-23-31-13-6-7-17-36(31)46(41)47(43)35-25-22-30-12-4-5-16-33(30)28-35/h3*1-29H. The van der Waals surface area contributed by atoms with E-state index in [-0.39, 0.29) is 0 Å². The maximum atomic E-state index is 2.47. The van der Waals surface area contributed by atoms with Crippen LogP contribution in [0.25, 0.3) is 279 Å². The monoisotopic (exact) mass is 1790 g/mol. The lowest BCUT2D eigenvalue weighted by molar-refractivity contribution is 1.19. The molecule has 0 spiro atoms. The van der Waals surface area contributed by atoms with Gasteiger partial charge in [0.05, 0.1) is 33.1 Å². The molecule has 0 radical (unpaired) electrons. The van der Waals surface area contributed by atoms with Crippen molar-refractivity contribution in [3.8, 4) is 83.8 Å². The second-order valence-electron chi connectivity index (χ2n) is 37.4. The average molecular weight is 1790 g/mol. The van der Waals surface area contributed by atoms with E-state index in [4.69, 9.17) is 0 Å². The molecule has 0 saturated heterocycles. The van der Waals surface area contributed by atoms with Crippen LogP contribution in [0, 0.1) is 0 Å². The summed E-state index contributed by atoms with van der Waals surface area (Å²) in [6.45, 7) is 0. The van der Waals surface area contributed by atoms with Gasteiger partial charge in [-0.2, -0.15) is 0 Å². The zero-order valence-corrected chi connectivity index (χ0v) is 77.1. The Hall–Kier alpha value is -18.5. The van der Waals surface area contributed by atoms with Crippen molar-refractivity contribution < 1.29 is 0 Å². The third-order valence-electron chi connectivity index (χ3n) is 29.8. The topological polar surface area (TPSA) is 14.8 Å². The van der Waals surface area contributed by atoms with Crippen LogP contribution >= 0.6 is 0 Å². The fourth-order valence-electron chi connectivity index (χ4n) is 23.7. The highest BCUT2D eigenvalue weighted by Crippen LogP contribution is 2.53. The molecule has 0 aliphatic heterocycles. The predicted molar refractivity (Wildman–Crippen MR) is 605 cm³/mol. The number of hydrogen-bond donors (Lipinski definition) is 0. The molecule has 0 fully saturated rings. The third kappa shape index (κ3) is 13.1. The lowest BCUT2D eigenvalue weighted by Gasteiger charge is -2.19. The van der Waals surface area contributed by atoms with Crippen molar-refractivity contribution in [2.45, 2.75) is 0 Å². The summed E-state index contributed by atoms with van der Waals surface area (Å²) in [5, 5.41) is 38.0. The van der Waals surface area contributed by atoms with E-state index in [1.165, 1.54) is 279 Å². The second kappa shape index (κ2) is 33.2. The molecule has 0 saturated carbocycles. The highest BCUT2D eigenvalue weighted by Gasteiger charge is 2.27. The van der Waals surface area contributed by atoms with Gasteiger partial charge >= 0.3 is 0 Å². The number of nitrogens with zero attached hydrogens (tertiary/aromatic N) is 3. The minimum Gasteiger partial charge on any atom is -0.309 e. The minimum atomic E-state index is 1.17. The lowest BCUT2D eigenvalue weighted by atomic mass is 9.84. The van der Waals surface area contributed by atoms with Crippen LogP contribution in [0.5, 0.6) is 0 Å². The van der Waals surface area contributed by atoms with Crippen molar-refractivity contribution in [3.63, 3.8) is 0 Å². The van der Waals surface area contributed by atoms with E-state index in [0.29, 0.717) is 0 Å². The van der Waals surface area contributed by atoms with Gasteiger partial charge in [0.25, 0.3) is 0 Å². The van der Waals surface area contributed by atoms with E-state index < -0.39 is 0 Å². The average Bonchev–Trinajstić information content (AvgIpc) is 1.49. The first-order chi connectivity index (χ1) is 70.0. The van der Waals surface area contributed by atoms with Gasteiger partial charge in [-0.25, -0.2) is 0 Å². The highest BCUT2D eigenvalue weighted by molar-refractivity contribution is 6.32. The van der Waals surface area contributed by atoms with Crippen molar-refractivity contribution in [2.24, 2.45) is 0 Å². The number of aromatic nitrogens is 3. The molecule has 0 N–H and O–H groups in total. The van der Waals surface area contributed by atoms with Crippen LogP contribution in [0.2, 0.25) is 0 Å². The van der Waals surface area contributed by atoms with Crippen LogP contribution in [0.4, 0.5) is 0 Å². The van der Waals surface area contributed by atoms with Gasteiger partial charge in [0.2, 0.25) is 0 Å². The number of fused-ring (bicyclic) bond motifs is 24. The molecule has 0 unspecified atom stereocenters. The summed E-state index contributed by atoms with van der Waals surface area (Å²) < 4.78 is 7.38. The first kappa shape index (κ1) is 80.9. The maximum absolute atomic E-state index is 2.47. The molecule has 0 bridgehead atoms. The van der Waals surface area contributed by atoms with E-state index in [0.717, 1.165) is 0 Å². The number of benzene rings is 27. The SMILES string of the molecule is c1ccc(-c2c3ccccc3c(-c3cc4c(c5ccccc35)c3ccccc3n4-c3ccc4ccccc4c3)c3ccccc23)cc1.c1ccc(-c2c3ccccc3c(-c3ccc4c(c3)c3c5ccccc5ccc3n4-c3ccc4ccccc4c3)c3ccccc23)cc1.c1ccc(-c2c3ccccc3c(-c3ccc4c(c3)c3ccc5ccccc5c3n4-c3ccc4ccccc4c3)c3ccccc23)cc1. The quantitative estimate of drug-likeness (QED) is 0.128. The largest absolute Gasteiger partial charge is 0.309 e. The van der Waals surface area contributed by atoms with E-state index in [9.17, 15) is 0 Å². The summed E-state index contributed by atoms with van der Waals surface area (Å²) >= 11 is 0. The summed E-state index contributed by atoms with van der Waals surface area (Å²) in [4.78, 5) is 0. The summed E-state index contributed by atoms with van der Waals surface area (Å²) in [5.74, 6) is 0. The van der Waals surface area contributed by atoms with Gasteiger partial charge in [-0.3, -0.25) is 0 Å². The molecule has 0 aliphatic rings. The van der Waals surface area contributed by atoms with Crippen molar-refractivity contribution in [3.05, 3.63) is 528 Å². The Kier molecular flexibility index (Phi) is 19.0. The molecule has 3 aromatic heterocycles. The van der Waals surface area contributed by atoms with Crippen LogP contribution in [0.3, 0.4) is 0 Å². The molecule has 3 heterocycles. The molecule has 0 amide bonds. The van der Waals surface area contributed by atoms with Crippen molar-refractivity contribution >= 4 is 195 Å². The molecule has 0 atom stereocenters. The molecule has 141 heavy (non-hydrogen) atoms. The molecule has 3 nitrogen and oxygen atoms in total. The Morgan fingerprint density at radius 3 is 0.823 bits per heavy atom. The van der Waals surface area contributed by atoms with Crippen LogP contribution in [0.15, 0.2) is 528 Å². The molecule has 30 rings (SSSR count). The molecular formula is C138H87N3. The zero-order valence-electron chi connectivity index (χ0n) is 77.1. The van der Waals surface area contributed by atoms with Gasteiger partial charge < -0.3 is 13.7 Å². The molecular weight excluding hydrogens is 1700 g/mol. The number of para-hydroxylation sites is 1. The van der Waals surface area contributed by atoms with Crippen LogP contribution < -0.4 is 0 Å². The van der Waals surface area contributed by atoms with E-state index in [2.05, 4.69) is 541 Å². The predicted octanol–water partition coefficient (Wildman–Crippen LogP) is 38.2. The van der Waals surface area contributed by atoms with Gasteiger partial charge in [-0.15, -0.1) is 0 Å². The third-order valence-corrected chi connectivity index (χ3v) is 29.8. The van der Waals surface area contributed by atoms with Gasteiger partial charge in [0.1, 0.15) is 0 Å². The Morgan fingerprint density at radius 2 is 0.390 bits per heavy atom. The Morgan fingerprint density at radius 1 is 0.113 bits per heavy atom. The molecule has 3 heteroatoms. The highest BCUT2D eigenvalue weighted by atomic mass is 15.0. The molecule has 30 aromatic rings. The maximum Gasteiger partial charge on any atom is 0.0619 e. The second-order valence-corrected chi connectivity index (χ2v) is 37.4. The van der Waals surface area contributed by atoms with Crippen LogP contribution in [-0.2, 0) is 0 Å². The van der Waals surface area contributed by atoms with E-state index >= 15 is 0 Å². The Labute approximate surface area is 814 Å². The summed E-state index contributed by atoms with van der Waals surface area (Å²) in [6.07, 6.45) is 0. The fraction of sp³-hybridized carbons (Fsp3) is 0. The normalized spacial score (nSPS) is 11.8. The minimum absolute atomic E-state index is 1.17. The zero-order chi connectivity index (χ0) is 92.7. The summed E-state index contributed by atoms with van der Waals surface area (Å²) in [5.41, 5.74) is 26.0. The van der Waals surface area contributed by atoms with Crippen molar-refractivity contribution in [1.82, 2.24) is 13.7 Å². The first-order valence-corrected chi connectivity index (χ1v) is 48.8. The lowest BCUT2D eigenvalue weighted by Crippen LogP contribution is -1.95. The Bertz CT molecular complexity index is 10200. The molecule has 27 aromatic carbocycles. The van der Waals surface area contributed by atoms with Gasteiger partial charge in [-0.05, 0) is 270 Å². The summed E-state index contributed by atoms with van der Waals surface area (Å²) in [7, 11) is 0. The van der Waals surface area contributed by atoms with E-state index in [1.807, 2.05) is 0 Å². The van der Waals surface area contributed by atoms with E-state index in [1.54, 1.807) is 0 Å². The van der Waals surface area contributed by atoms with Crippen molar-refractivity contribution in [2.75, 3.05) is 0 Å². The fourth-order valence-corrected chi connectivity index (χ4v) is 23.7. The Balaban J connectivity index is 0.000000104. The molecule has 654 valence electrons. The van der Waals surface area contributed by atoms with Crippen LogP contribution in [-0.4, -0.2) is 13.7 Å². The first-order valence-electron chi connectivity index (χ1n) is 48.8. The molecule has 0 aliphatic carbocycles. The van der Waals surface area contributed by atoms with Gasteiger partial charge in [0, 0.05) is 54.8 Å². The van der Waals surface area contributed by atoms with Gasteiger partial charge in [0.15, 0.2) is 0 Å². The number of rotatable bonds is 9. The van der Waals surface area contributed by atoms with Crippen molar-refractivity contribution in [1.29, 1.82) is 0 Å². The van der Waals surface area contributed by atoms with Crippen LogP contribution in [0.1, 0.15) is 0 Å². The van der Waals surface area contributed by atoms with Gasteiger partial charge in [-0.1, -0.05) is 449 Å².